The lowest BCUT2D eigenvalue weighted by molar-refractivity contribution is -0.140. The summed E-state index contributed by atoms with van der Waals surface area (Å²) in [5, 5.41) is 9.29. The maximum Gasteiger partial charge on any atom is 0.226 e. The van der Waals surface area contributed by atoms with Crippen LogP contribution in [0.25, 0.3) is 0 Å². The number of nitrogens with two attached hydrogens (primary N) is 1. The van der Waals surface area contributed by atoms with E-state index >= 15 is 0 Å². The lowest BCUT2D eigenvalue weighted by Crippen LogP contribution is -2.50. The zero-order valence-corrected chi connectivity index (χ0v) is 12.6. The van der Waals surface area contributed by atoms with E-state index in [2.05, 4.69) is 11.9 Å². The molecule has 2 aliphatic rings. The number of aliphatic hydroxyl groups is 1. The minimum absolute atomic E-state index is 0.0524. The summed E-state index contributed by atoms with van der Waals surface area (Å²) in [5.41, 5.74) is 6.01. The van der Waals surface area contributed by atoms with E-state index in [0.29, 0.717) is 12.6 Å². The minimum Gasteiger partial charge on any atom is -0.395 e. The van der Waals surface area contributed by atoms with Crippen LogP contribution in [-0.4, -0.2) is 66.2 Å². The number of rotatable bonds is 4. The fourth-order valence-electron chi connectivity index (χ4n) is 3.57. The second kappa shape index (κ2) is 7.38. The van der Waals surface area contributed by atoms with Crippen LogP contribution in [0.3, 0.4) is 0 Å². The van der Waals surface area contributed by atoms with Gasteiger partial charge in [0.15, 0.2) is 0 Å². The molecule has 1 heterocycles. The van der Waals surface area contributed by atoms with Gasteiger partial charge in [0.05, 0.1) is 6.61 Å². The summed E-state index contributed by atoms with van der Waals surface area (Å²) in [4.78, 5) is 17.0. The molecule has 2 rings (SSSR count). The van der Waals surface area contributed by atoms with Crippen molar-refractivity contribution in [3.63, 3.8) is 0 Å². The summed E-state index contributed by atoms with van der Waals surface area (Å²) in [5.74, 6) is 0.300. The van der Waals surface area contributed by atoms with E-state index < -0.39 is 0 Å². The van der Waals surface area contributed by atoms with Gasteiger partial charge >= 0.3 is 0 Å². The predicted octanol–water partition coefficient (Wildman–Crippen LogP) is 0.419. The molecule has 5 heteroatoms. The van der Waals surface area contributed by atoms with Crippen LogP contribution in [0.2, 0.25) is 0 Å². The van der Waals surface area contributed by atoms with Crippen molar-refractivity contribution in [3.8, 4) is 0 Å². The van der Waals surface area contributed by atoms with Crippen LogP contribution in [-0.2, 0) is 4.79 Å². The van der Waals surface area contributed by atoms with Gasteiger partial charge in [-0.2, -0.15) is 0 Å². The Hall–Kier alpha value is -0.650. The molecule has 0 radical (unpaired) electrons. The van der Waals surface area contributed by atoms with Crippen molar-refractivity contribution < 1.29 is 9.90 Å². The average Bonchev–Trinajstić information content (AvgIpc) is 2.45. The second-order valence-corrected chi connectivity index (χ2v) is 6.41. The molecule has 2 unspecified atom stereocenters. The van der Waals surface area contributed by atoms with Gasteiger partial charge in [0.1, 0.15) is 0 Å². The predicted molar refractivity (Wildman–Crippen MR) is 79.3 cm³/mol. The molecule has 1 saturated heterocycles. The van der Waals surface area contributed by atoms with E-state index in [1.807, 2.05) is 4.90 Å². The fourth-order valence-corrected chi connectivity index (χ4v) is 3.57. The molecule has 1 aliphatic carbocycles. The Morgan fingerprint density at radius 3 is 2.60 bits per heavy atom. The molecule has 116 valence electrons. The molecule has 0 aromatic carbocycles. The zero-order valence-electron chi connectivity index (χ0n) is 12.6. The molecule has 0 bridgehead atoms. The lowest BCUT2D eigenvalue weighted by atomic mass is 9.84. The molecular formula is C15H29N3O2. The molecule has 1 amide bonds. The summed E-state index contributed by atoms with van der Waals surface area (Å²) in [6, 6.07) is 0.468. The second-order valence-electron chi connectivity index (χ2n) is 6.41. The maximum absolute atomic E-state index is 12.8. The number of amides is 1. The first-order valence-corrected chi connectivity index (χ1v) is 7.97. The third kappa shape index (κ3) is 3.93. The normalized spacial score (nSPS) is 29.4. The Morgan fingerprint density at radius 1 is 1.30 bits per heavy atom. The summed E-state index contributed by atoms with van der Waals surface area (Å²) in [7, 11) is 2.12. The van der Waals surface area contributed by atoms with Gasteiger partial charge in [0.25, 0.3) is 0 Å². The SMILES string of the molecule is CN1CCC(N(CCO)C(=O)C2CCCC(N)C2)CC1. The summed E-state index contributed by atoms with van der Waals surface area (Å²) >= 11 is 0. The minimum atomic E-state index is 0.0524. The molecular weight excluding hydrogens is 254 g/mol. The molecule has 1 saturated carbocycles. The Labute approximate surface area is 122 Å². The number of hydrogen-bond donors (Lipinski definition) is 2. The summed E-state index contributed by atoms with van der Waals surface area (Å²) in [6.45, 7) is 2.59. The first kappa shape index (κ1) is 15.7. The van der Waals surface area contributed by atoms with Crippen LogP contribution in [0.15, 0.2) is 0 Å². The Morgan fingerprint density at radius 2 is 2.00 bits per heavy atom. The van der Waals surface area contributed by atoms with Crippen LogP contribution >= 0.6 is 0 Å². The molecule has 5 nitrogen and oxygen atoms in total. The van der Waals surface area contributed by atoms with Gasteiger partial charge in [-0.15, -0.1) is 0 Å². The fraction of sp³-hybridized carbons (Fsp3) is 0.933. The van der Waals surface area contributed by atoms with Gasteiger partial charge in [0.2, 0.25) is 5.91 Å². The first-order chi connectivity index (χ1) is 9.61. The van der Waals surface area contributed by atoms with Gasteiger partial charge in [0, 0.05) is 24.5 Å². The van der Waals surface area contributed by atoms with Crippen molar-refractivity contribution >= 4 is 5.91 Å². The molecule has 1 aliphatic heterocycles. The number of hydrogen-bond acceptors (Lipinski definition) is 4. The number of likely N-dealkylation sites (tertiary alicyclic amines) is 1. The smallest absolute Gasteiger partial charge is 0.226 e. The largest absolute Gasteiger partial charge is 0.395 e. The first-order valence-electron chi connectivity index (χ1n) is 7.97. The van der Waals surface area contributed by atoms with Crippen LogP contribution in [0.5, 0.6) is 0 Å². The van der Waals surface area contributed by atoms with E-state index in [4.69, 9.17) is 5.73 Å². The lowest BCUT2D eigenvalue weighted by Gasteiger charge is -2.39. The number of piperidine rings is 1. The van der Waals surface area contributed by atoms with Crippen LogP contribution in [0.1, 0.15) is 38.5 Å². The van der Waals surface area contributed by atoms with E-state index in [1.54, 1.807) is 0 Å². The highest BCUT2D eigenvalue weighted by atomic mass is 16.3. The molecule has 0 aromatic rings. The van der Waals surface area contributed by atoms with Crippen LogP contribution in [0, 0.1) is 5.92 Å². The van der Waals surface area contributed by atoms with E-state index in [1.165, 1.54) is 0 Å². The van der Waals surface area contributed by atoms with Crippen molar-refractivity contribution in [2.24, 2.45) is 11.7 Å². The van der Waals surface area contributed by atoms with Gasteiger partial charge in [-0.25, -0.2) is 0 Å². The average molecular weight is 283 g/mol. The van der Waals surface area contributed by atoms with E-state index in [9.17, 15) is 9.90 Å². The van der Waals surface area contributed by atoms with Gasteiger partial charge in [-0.1, -0.05) is 6.42 Å². The van der Waals surface area contributed by atoms with Gasteiger partial charge in [-0.3, -0.25) is 4.79 Å². The van der Waals surface area contributed by atoms with E-state index in [-0.39, 0.29) is 24.5 Å². The van der Waals surface area contributed by atoms with E-state index in [0.717, 1.165) is 51.6 Å². The number of aliphatic hydroxyl groups excluding tert-OH is 1. The van der Waals surface area contributed by atoms with Crippen molar-refractivity contribution in [1.29, 1.82) is 0 Å². The molecule has 0 aromatic heterocycles. The number of nitrogens with zero attached hydrogens (tertiary/aromatic N) is 2. The van der Waals surface area contributed by atoms with Crippen molar-refractivity contribution in [3.05, 3.63) is 0 Å². The Balaban J connectivity index is 1.97. The van der Waals surface area contributed by atoms with Crippen molar-refractivity contribution in [2.75, 3.05) is 33.3 Å². The number of carbonyl (C=O) groups is 1. The molecule has 2 atom stereocenters. The third-order valence-corrected chi connectivity index (χ3v) is 4.82. The Bertz CT molecular complexity index is 316. The summed E-state index contributed by atoms with van der Waals surface area (Å²) < 4.78 is 0. The monoisotopic (exact) mass is 283 g/mol. The molecule has 2 fully saturated rings. The highest BCUT2D eigenvalue weighted by Crippen LogP contribution is 2.27. The Kier molecular flexibility index (Phi) is 5.81. The standard InChI is InChI=1S/C15H29N3O2/c1-17-7-5-14(6-8-17)18(9-10-19)15(20)12-3-2-4-13(16)11-12/h12-14,19H,2-11,16H2,1H3. The van der Waals surface area contributed by atoms with Gasteiger partial charge < -0.3 is 20.6 Å². The van der Waals surface area contributed by atoms with Crippen molar-refractivity contribution in [2.45, 2.75) is 50.6 Å². The van der Waals surface area contributed by atoms with Crippen molar-refractivity contribution in [1.82, 2.24) is 9.80 Å². The molecule has 0 spiro atoms. The molecule has 3 N–H and O–H groups in total. The quantitative estimate of drug-likeness (QED) is 0.784. The topological polar surface area (TPSA) is 69.8 Å². The number of carbonyl (C=O) groups excluding carboxylic acids is 1. The van der Waals surface area contributed by atoms with Crippen LogP contribution in [0.4, 0.5) is 0 Å². The highest BCUT2D eigenvalue weighted by Gasteiger charge is 2.33. The maximum atomic E-state index is 12.8. The highest BCUT2D eigenvalue weighted by molar-refractivity contribution is 5.79. The van der Waals surface area contributed by atoms with Gasteiger partial charge in [-0.05, 0) is 52.2 Å². The zero-order chi connectivity index (χ0) is 14.5. The van der Waals surface area contributed by atoms with Crippen LogP contribution < -0.4 is 5.73 Å². The third-order valence-electron chi connectivity index (χ3n) is 4.82. The molecule has 20 heavy (non-hydrogen) atoms. The summed E-state index contributed by atoms with van der Waals surface area (Å²) in [6.07, 6.45) is 5.90.